The monoisotopic (exact) mass is 350 g/mol. The summed E-state index contributed by atoms with van der Waals surface area (Å²) in [5.74, 6) is 0.532. The van der Waals surface area contributed by atoms with E-state index in [1.54, 1.807) is 18.7 Å². The van der Waals surface area contributed by atoms with Gasteiger partial charge in [-0.15, -0.1) is 11.3 Å². The molecule has 25 heavy (non-hydrogen) atoms. The number of methoxy groups -OCH3 is 1. The van der Waals surface area contributed by atoms with Gasteiger partial charge < -0.3 is 10.1 Å². The Morgan fingerprint density at radius 3 is 2.84 bits per heavy atom. The van der Waals surface area contributed by atoms with Crippen LogP contribution in [0.25, 0.3) is 21.5 Å². The number of ether oxygens (including phenoxy) is 1. The molecule has 0 atom stereocenters. The van der Waals surface area contributed by atoms with Gasteiger partial charge in [-0.3, -0.25) is 9.89 Å². The van der Waals surface area contributed by atoms with Crippen molar-refractivity contribution in [1.82, 2.24) is 15.2 Å². The second kappa shape index (κ2) is 6.37. The lowest BCUT2D eigenvalue weighted by Gasteiger charge is -2.04. The molecule has 0 aliphatic carbocycles. The summed E-state index contributed by atoms with van der Waals surface area (Å²) in [7, 11) is 1.63. The number of fused-ring (bicyclic) bond motifs is 1. The van der Waals surface area contributed by atoms with E-state index in [9.17, 15) is 4.79 Å². The molecule has 2 heterocycles. The summed E-state index contributed by atoms with van der Waals surface area (Å²) in [6.07, 6.45) is 1.72. The van der Waals surface area contributed by atoms with E-state index >= 15 is 0 Å². The van der Waals surface area contributed by atoms with Gasteiger partial charge in [-0.25, -0.2) is 4.98 Å². The predicted molar refractivity (Wildman–Crippen MR) is 98.1 cm³/mol. The first-order chi connectivity index (χ1) is 12.2. The number of para-hydroxylation sites is 1. The van der Waals surface area contributed by atoms with Crippen LogP contribution in [0.4, 0.5) is 5.69 Å². The van der Waals surface area contributed by atoms with Crippen LogP contribution >= 0.6 is 11.3 Å². The minimum absolute atomic E-state index is 0.252. The van der Waals surface area contributed by atoms with Crippen molar-refractivity contribution in [2.24, 2.45) is 0 Å². The zero-order chi connectivity index (χ0) is 17.2. The number of nitrogens with zero attached hydrogens (tertiary/aromatic N) is 2. The molecule has 4 aromatic rings. The van der Waals surface area contributed by atoms with Gasteiger partial charge in [0, 0.05) is 16.3 Å². The van der Waals surface area contributed by atoms with E-state index in [0.29, 0.717) is 11.4 Å². The highest BCUT2D eigenvalue weighted by Gasteiger charge is 2.14. The van der Waals surface area contributed by atoms with Crippen LogP contribution in [-0.2, 0) is 0 Å². The largest absolute Gasteiger partial charge is 0.497 e. The van der Waals surface area contributed by atoms with E-state index < -0.39 is 0 Å². The highest BCUT2D eigenvalue weighted by Crippen LogP contribution is 2.26. The van der Waals surface area contributed by atoms with Crippen LogP contribution in [0.3, 0.4) is 0 Å². The first kappa shape index (κ1) is 15.3. The van der Waals surface area contributed by atoms with Gasteiger partial charge >= 0.3 is 0 Å². The van der Waals surface area contributed by atoms with Gasteiger partial charge in [0.25, 0.3) is 5.91 Å². The Hall–Kier alpha value is -3.19. The number of aromatic amines is 1. The molecule has 6 nitrogen and oxygen atoms in total. The number of thiazole rings is 1. The Balaban J connectivity index is 1.57. The summed E-state index contributed by atoms with van der Waals surface area (Å²) in [5, 5.41) is 13.3. The number of aromatic nitrogens is 3. The van der Waals surface area contributed by atoms with Crippen LogP contribution in [0.5, 0.6) is 5.75 Å². The number of carbonyl (C=O) groups excluding carboxylic acids is 1. The quantitative estimate of drug-likeness (QED) is 0.584. The number of hydrogen-bond acceptors (Lipinski definition) is 5. The fourth-order valence-electron chi connectivity index (χ4n) is 2.50. The normalized spacial score (nSPS) is 10.8. The SMILES string of the molecule is COc1ccc(-c2nc(C(=O)Nc3cccc4cn[nH]c34)cs2)cc1. The van der Waals surface area contributed by atoms with Crippen molar-refractivity contribution in [3.05, 3.63) is 59.7 Å². The van der Waals surface area contributed by atoms with Crippen molar-refractivity contribution in [3.8, 4) is 16.3 Å². The summed E-state index contributed by atoms with van der Waals surface area (Å²) in [4.78, 5) is 16.9. The third kappa shape index (κ3) is 2.97. The molecule has 0 saturated carbocycles. The predicted octanol–water partition coefficient (Wildman–Crippen LogP) is 3.95. The lowest BCUT2D eigenvalue weighted by Crippen LogP contribution is -2.12. The Kier molecular flexibility index (Phi) is 3.91. The van der Waals surface area contributed by atoms with Gasteiger partial charge in [-0.05, 0) is 30.3 Å². The number of amides is 1. The Labute approximate surface area is 147 Å². The smallest absolute Gasteiger partial charge is 0.275 e. The molecule has 0 bridgehead atoms. The van der Waals surface area contributed by atoms with Crippen molar-refractivity contribution in [1.29, 1.82) is 0 Å². The molecule has 2 N–H and O–H groups in total. The van der Waals surface area contributed by atoms with Crippen LogP contribution in [0.1, 0.15) is 10.5 Å². The molecule has 0 unspecified atom stereocenters. The minimum atomic E-state index is -0.252. The average molecular weight is 350 g/mol. The van der Waals surface area contributed by atoms with Crippen LogP contribution in [0.15, 0.2) is 54.0 Å². The first-order valence-corrected chi connectivity index (χ1v) is 8.46. The van der Waals surface area contributed by atoms with Gasteiger partial charge in [0.05, 0.1) is 24.5 Å². The van der Waals surface area contributed by atoms with Gasteiger partial charge in [-0.2, -0.15) is 5.10 Å². The van der Waals surface area contributed by atoms with E-state index in [1.165, 1.54) is 11.3 Å². The third-order valence-corrected chi connectivity index (χ3v) is 4.69. The number of anilines is 1. The average Bonchev–Trinajstić information content (AvgIpc) is 3.32. The van der Waals surface area contributed by atoms with Crippen LogP contribution in [0, 0.1) is 0 Å². The number of benzene rings is 2. The standard InChI is InChI=1S/C18H14N4O2S/c1-24-13-7-5-11(6-8-13)18-21-15(10-25-18)17(23)20-14-4-2-3-12-9-19-22-16(12)14/h2-10H,1H3,(H,19,22)(H,20,23). The molecule has 4 rings (SSSR count). The van der Waals surface area contributed by atoms with E-state index in [4.69, 9.17) is 4.74 Å². The van der Waals surface area contributed by atoms with E-state index in [-0.39, 0.29) is 5.91 Å². The highest BCUT2D eigenvalue weighted by atomic mass is 32.1. The number of hydrogen-bond donors (Lipinski definition) is 2. The minimum Gasteiger partial charge on any atom is -0.497 e. The van der Waals surface area contributed by atoms with E-state index in [2.05, 4.69) is 20.5 Å². The molecular weight excluding hydrogens is 336 g/mol. The maximum atomic E-state index is 12.5. The second-order valence-electron chi connectivity index (χ2n) is 5.36. The molecule has 2 aromatic carbocycles. The lowest BCUT2D eigenvalue weighted by atomic mass is 10.2. The highest BCUT2D eigenvalue weighted by molar-refractivity contribution is 7.13. The number of carbonyl (C=O) groups is 1. The molecular formula is C18H14N4O2S. The molecule has 0 aliphatic rings. The van der Waals surface area contributed by atoms with Gasteiger partial charge in [0.2, 0.25) is 0 Å². The van der Waals surface area contributed by atoms with Crippen molar-refractivity contribution in [3.63, 3.8) is 0 Å². The molecule has 0 spiro atoms. The topological polar surface area (TPSA) is 79.9 Å². The van der Waals surface area contributed by atoms with Crippen molar-refractivity contribution in [2.45, 2.75) is 0 Å². The Bertz CT molecular complexity index is 1040. The molecule has 0 saturated heterocycles. The van der Waals surface area contributed by atoms with Crippen LogP contribution < -0.4 is 10.1 Å². The molecule has 2 aromatic heterocycles. The summed E-state index contributed by atoms with van der Waals surface area (Å²) in [6, 6.07) is 13.2. The molecule has 0 radical (unpaired) electrons. The van der Waals surface area contributed by atoms with E-state index in [1.807, 2.05) is 42.5 Å². The molecule has 0 fully saturated rings. The maximum Gasteiger partial charge on any atom is 0.275 e. The number of rotatable bonds is 4. The molecule has 1 amide bonds. The molecule has 7 heteroatoms. The fraction of sp³-hybridized carbons (Fsp3) is 0.0556. The summed E-state index contributed by atoms with van der Waals surface area (Å²) < 4.78 is 5.15. The summed E-state index contributed by atoms with van der Waals surface area (Å²) in [6.45, 7) is 0. The second-order valence-corrected chi connectivity index (χ2v) is 6.22. The summed E-state index contributed by atoms with van der Waals surface area (Å²) in [5.41, 5.74) is 2.80. The van der Waals surface area contributed by atoms with Gasteiger partial charge in [0.15, 0.2) is 0 Å². The van der Waals surface area contributed by atoms with Crippen molar-refractivity contribution >= 4 is 33.8 Å². The van der Waals surface area contributed by atoms with Crippen LogP contribution in [-0.4, -0.2) is 28.2 Å². The van der Waals surface area contributed by atoms with Crippen LogP contribution in [0.2, 0.25) is 0 Å². The van der Waals surface area contributed by atoms with Gasteiger partial charge in [-0.1, -0.05) is 12.1 Å². The Morgan fingerprint density at radius 1 is 1.20 bits per heavy atom. The van der Waals surface area contributed by atoms with E-state index in [0.717, 1.165) is 27.2 Å². The zero-order valence-electron chi connectivity index (χ0n) is 13.3. The lowest BCUT2D eigenvalue weighted by molar-refractivity contribution is 0.102. The fourth-order valence-corrected chi connectivity index (χ4v) is 3.31. The number of H-pyrrole nitrogens is 1. The summed E-state index contributed by atoms with van der Waals surface area (Å²) >= 11 is 1.43. The molecule has 0 aliphatic heterocycles. The zero-order valence-corrected chi connectivity index (χ0v) is 14.1. The number of nitrogens with one attached hydrogen (secondary N) is 2. The first-order valence-electron chi connectivity index (χ1n) is 7.58. The van der Waals surface area contributed by atoms with Gasteiger partial charge in [0.1, 0.15) is 16.5 Å². The maximum absolute atomic E-state index is 12.5. The van der Waals surface area contributed by atoms with Crippen molar-refractivity contribution in [2.75, 3.05) is 12.4 Å². The Morgan fingerprint density at radius 2 is 2.04 bits per heavy atom. The van der Waals surface area contributed by atoms with Crippen molar-refractivity contribution < 1.29 is 9.53 Å². The third-order valence-electron chi connectivity index (χ3n) is 3.80. The molecule has 124 valence electrons.